The zero-order valence-electron chi connectivity index (χ0n) is 11.8. The molecule has 0 spiro atoms. The van der Waals surface area contributed by atoms with Crippen LogP contribution in [0.2, 0.25) is 0 Å². The summed E-state index contributed by atoms with van der Waals surface area (Å²) in [4.78, 5) is 24.1. The van der Waals surface area contributed by atoms with E-state index in [1.54, 1.807) is 13.0 Å². The third kappa shape index (κ3) is 3.60. The van der Waals surface area contributed by atoms with Gasteiger partial charge < -0.3 is 14.8 Å². The van der Waals surface area contributed by atoms with Gasteiger partial charge in [0.1, 0.15) is 5.76 Å². The molecule has 1 aliphatic heterocycles. The van der Waals surface area contributed by atoms with E-state index in [0.717, 1.165) is 25.9 Å². The van der Waals surface area contributed by atoms with Crippen LogP contribution in [0.5, 0.6) is 0 Å². The maximum atomic E-state index is 11.0. The van der Waals surface area contributed by atoms with Crippen molar-refractivity contribution in [1.29, 1.82) is 0 Å². The lowest BCUT2D eigenvalue weighted by Gasteiger charge is -2.31. The Labute approximate surface area is 117 Å². The first-order valence-corrected chi connectivity index (χ1v) is 6.77. The number of furan rings is 1. The molecule has 6 nitrogen and oxygen atoms in total. The van der Waals surface area contributed by atoms with Crippen LogP contribution in [0.25, 0.3) is 0 Å². The number of amides is 1. The van der Waals surface area contributed by atoms with E-state index in [9.17, 15) is 9.59 Å². The summed E-state index contributed by atoms with van der Waals surface area (Å²) < 4.78 is 5.36. The van der Waals surface area contributed by atoms with Crippen molar-refractivity contribution >= 4 is 11.9 Å². The number of carboxylic acids is 1. The van der Waals surface area contributed by atoms with Crippen molar-refractivity contribution in [3.63, 3.8) is 0 Å². The highest BCUT2D eigenvalue weighted by molar-refractivity contribution is 5.86. The second-order valence-electron chi connectivity index (χ2n) is 5.28. The van der Waals surface area contributed by atoms with Crippen LogP contribution in [0, 0.1) is 6.92 Å². The second-order valence-corrected chi connectivity index (χ2v) is 5.28. The van der Waals surface area contributed by atoms with Crippen molar-refractivity contribution in [2.24, 2.45) is 0 Å². The predicted octanol–water partition coefficient (Wildman–Crippen LogP) is 1.39. The molecule has 2 N–H and O–H groups in total. The molecule has 2 heterocycles. The average Bonchev–Trinajstić information content (AvgIpc) is 2.72. The molecule has 1 aromatic rings. The van der Waals surface area contributed by atoms with Crippen LogP contribution in [0.4, 0.5) is 0 Å². The van der Waals surface area contributed by atoms with Gasteiger partial charge in [0.15, 0.2) is 0 Å². The van der Waals surface area contributed by atoms with Gasteiger partial charge in [0, 0.05) is 31.6 Å². The Balaban J connectivity index is 1.88. The van der Waals surface area contributed by atoms with Gasteiger partial charge in [-0.1, -0.05) is 0 Å². The summed E-state index contributed by atoms with van der Waals surface area (Å²) in [7, 11) is 0. The molecule has 1 aliphatic rings. The molecule has 1 aromatic heterocycles. The van der Waals surface area contributed by atoms with E-state index in [4.69, 9.17) is 9.52 Å². The minimum atomic E-state index is -1.03. The molecule has 1 amide bonds. The molecular formula is C14H20N2O4. The second kappa shape index (κ2) is 6.09. The van der Waals surface area contributed by atoms with Gasteiger partial charge in [-0.15, -0.1) is 0 Å². The molecule has 0 aromatic carbocycles. The van der Waals surface area contributed by atoms with Crippen molar-refractivity contribution in [2.45, 2.75) is 39.3 Å². The van der Waals surface area contributed by atoms with Crippen LogP contribution < -0.4 is 5.32 Å². The Bertz CT molecular complexity index is 501. The maximum absolute atomic E-state index is 11.0. The smallest absolute Gasteiger partial charge is 0.372 e. The Morgan fingerprint density at radius 2 is 2.10 bits per heavy atom. The van der Waals surface area contributed by atoms with Gasteiger partial charge in [-0.25, -0.2) is 4.79 Å². The molecule has 1 fully saturated rings. The summed E-state index contributed by atoms with van der Waals surface area (Å²) in [6.07, 6.45) is 1.82. The van der Waals surface area contributed by atoms with Gasteiger partial charge in [-0.05, 0) is 25.8 Å². The van der Waals surface area contributed by atoms with Gasteiger partial charge in [0.05, 0.1) is 6.54 Å². The minimum Gasteiger partial charge on any atom is -0.475 e. The fourth-order valence-electron chi connectivity index (χ4n) is 2.58. The summed E-state index contributed by atoms with van der Waals surface area (Å²) in [5.41, 5.74) is 0.653. The van der Waals surface area contributed by atoms with Gasteiger partial charge >= 0.3 is 5.97 Å². The van der Waals surface area contributed by atoms with Crippen molar-refractivity contribution in [3.05, 3.63) is 23.2 Å². The van der Waals surface area contributed by atoms with Crippen LogP contribution in [0.3, 0.4) is 0 Å². The number of carbonyl (C=O) groups is 2. The monoisotopic (exact) mass is 280 g/mol. The zero-order valence-corrected chi connectivity index (χ0v) is 11.8. The first-order chi connectivity index (χ1) is 9.45. The van der Waals surface area contributed by atoms with Crippen LogP contribution in [0.1, 0.15) is 41.6 Å². The van der Waals surface area contributed by atoms with E-state index in [1.165, 1.54) is 6.92 Å². The fourth-order valence-corrected chi connectivity index (χ4v) is 2.58. The van der Waals surface area contributed by atoms with Gasteiger partial charge in [0.25, 0.3) is 0 Å². The zero-order chi connectivity index (χ0) is 14.7. The first-order valence-electron chi connectivity index (χ1n) is 6.77. The van der Waals surface area contributed by atoms with E-state index in [-0.39, 0.29) is 17.7 Å². The van der Waals surface area contributed by atoms with E-state index in [2.05, 4.69) is 10.2 Å². The van der Waals surface area contributed by atoms with Gasteiger partial charge in [-0.3, -0.25) is 9.69 Å². The molecule has 2 rings (SSSR count). The Morgan fingerprint density at radius 1 is 1.45 bits per heavy atom. The number of carboxylic acid groups (broad SMARTS) is 1. The average molecular weight is 280 g/mol. The van der Waals surface area contributed by atoms with Gasteiger partial charge in [0.2, 0.25) is 11.7 Å². The third-order valence-electron chi connectivity index (χ3n) is 3.54. The Hall–Kier alpha value is -1.82. The SMILES string of the molecule is CC(=O)NC1CCN(Cc2cc(C)c(C(=O)O)o2)CC1. The maximum Gasteiger partial charge on any atom is 0.372 e. The summed E-state index contributed by atoms with van der Waals surface area (Å²) in [6, 6.07) is 2.03. The lowest BCUT2D eigenvalue weighted by molar-refractivity contribution is -0.120. The number of hydrogen-bond acceptors (Lipinski definition) is 4. The highest BCUT2D eigenvalue weighted by Gasteiger charge is 2.21. The van der Waals surface area contributed by atoms with Crippen LogP contribution >= 0.6 is 0 Å². The number of rotatable bonds is 4. The summed E-state index contributed by atoms with van der Waals surface area (Å²) in [6.45, 7) is 5.62. The van der Waals surface area contributed by atoms with Crippen molar-refractivity contribution in [3.8, 4) is 0 Å². The molecular weight excluding hydrogens is 260 g/mol. The Morgan fingerprint density at radius 3 is 2.60 bits per heavy atom. The summed E-state index contributed by atoms with van der Waals surface area (Å²) >= 11 is 0. The summed E-state index contributed by atoms with van der Waals surface area (Å²) in [5.74, 6) is -0.319. The molecule has 6 heteroatoms. The topological polar surface area (TPSA) is 82.8 Å². The highest BCUT2D eigenvalue weighted by atomic mass is 16.4. The fraction of sp³-hybridized carbons (Fsp3) is 0.571. The van der Waals surface area contributed by atoms with Crippen molar-refractivity contribution in [1.82, 2.24) is 10.2 Å². The van der Waals surface area contributed by atoms with Crippen LogP contribution in [0.15, 0.2) is 10.5 Å². The third-order valence-corrected chi connectivity index (χ3v) is 3.54. The van der Waals surface area contributed by atoms with Crippen LogP contribution in [-0.4, -0.2) is 41.0 Å². The number of nitrogens with one attached hydrogen (secondary N) is 1. The van der Waals surface area contributed by atoms with E-state index in [0.29, 0.717) is 17.9 Å². The molecule has 1 saturated heterocycles. The number of piperidine rings is 1. The summed E-state index contributed by atoms with van der Waals surface area (Å²) in [5, 5.41) is 11.9. The van der Waals surface area contributed by atoms with Crippen molar-refractivity contribution in [2.75, 3.05) is 13.1 Å². The molecule has 0 unspecified atom stereocenters. The normalized spacial score (nSPS) is 17.1. The predicted molar refractivity (Wildman–Crippen MR) is 72.5 cm³/mol. The largest absolute Gasteiger partial charge is 0.475 e. The van der Waals surface area contributed by atoms with Crippen LogP contribution in [-0.2, 0) is 11.3 Å². The number of carbonyl (C=O) groups excluding carboxylic acids is 1. The van der Waals surface area contributed by atoms with E-state index in [1.807, 2.05) is 0 Å². The molecule has 20 heavy (non-hydrogen) atoms. The number of aryl methyl sites for hydroxylation is 1. The number of nitrogens with zero attached hydrogens (tertiary/aromatic N) is 1. The Kier molecular flexibility index (Phi) is 4.44. The molecule has 0 aliphatic carbocycles. The van der Waals surface area contributed by atoms with E-state index >= 15 is 0 Å². The quantitative estimate of drug-likeness (QED) is 0.870. The highest BCUT2D eigenvalue weighted by Crippen LogP contribution is 2.19. The number of likely N-dealkylation sites (tertiary alicyclic amines) is 1. The molecule has 0 bridgehead atoms. The molecule has 0 radical (unpaired) electrons. The number of aromatic carboxylic acids is 1. The van der Waals surface area contributed by atoms with E-state index < -0.39 is 5.97 Å². The lowest BCUT2D eigenvalue weighted by Crippen LogP contribution is -2.43. The standard InChI is InChI=1S/C14H20N2O4/c1-9-7-12(20-13(9)14(18)19)8-16-5-3-11(4-6-16)15-10(2)17/h7,11H,3-6,8H2,1-2H3,(H,15,17)(H,18,19). The molecule has 110 valence electrons. The van der Waals surface area contributed by atoms with Gasteiger partial charge in [-0.2, -0.15) is 0 Å². The lowest BCUT2D eigenvalue weighted by atomic mass is 10.0. The number of hydrogen-bond donors (Lipinski definition) is 2. The molecule has 0 saturated carbocycles. The minimum absolute atomic E-state index is 0.0104. The van der Waals surface area contributed by atoms with Crippen molar-refractivity contribution < 1.29 is 19.1 Å². The first kappa shape index (κ1) is 14.6. The molecule has 0 atom stereocenters.